The predicted octanol–water partition coefficient (Wildman–Crippen LogP) is 3.95. The Morgan fingerprint density at radius 1 is 1.26 bits per heavy atom. The summed E-state index contributed by atoms with van der Waals surface area (Å²) >= 11 is 3.21. The smallest absolute Gasteiger partial charge is 0.137 e. The van der Waals surface area contributed by atoms with Crippen LogP contribution in [0.4, 0.5) is 4.39 Å². The van der Waals surface area contributed by atoms with Crippen molar-refractivity contribution in [1.82, 2.24) is 0 Å². The maximum absolute atomic E-state index is 13.5. The van der Waals surface area contributed by atoms with E-state index in [4.69, 9.17) is 5.73 Å². The molecule has 0 saturated heterocycles. The molecule has 2 nitrogen and oxygen atoms in total. The van der Waals surface area contributed by atoms with Crippen molar-refractivity contribution in [2.75, 3.05) is 0 Å². The molecule has 0 radical (unpaired) electrons. The third-order valence-electron chi connectivity index (χ3n) is 3.84. The summed E-state index contributed by atoms with van der Waals surface area (Å²) in [5.74, 6) is -0.0947. The average molecular weight is 353 g/mol. The topological polar surface area (TPSA) is 46.2 Å². The fourth-order valence-corrected chi connectivity index (χ4v) is 3.26. The number of hydrogen-bond donors (Lipinski definition) is 2. The van der Waals surface area contributed by atoms with Crippen LogP contribution in [0.3, 0.4) is 0 Å². The van der Waals surface area contributed by atoms with E-state index < -0.39 is 12.1 Å². The molecule has 19 heavy (non-hydrogen) atoms. The highest BCUT2D eigenvalue weighted by Gasteiger charge is 2.29. The van der Waals surface area contributed by atoms with Crippen LogP contribution >= 0.6 is 28.3 Å². The number of benzene rings is 1. The number of aliphatic hydroxyl groups excluding tert-OH is 1. The summed E-state index contributed by atoms with van der Waals surface area (Å²) in [6.07, 6.45) is 4.98. The second kappa shape index (κ2) is 7.58. The lowest BCUT2D eigenvalue weighted by Gasteiger charge is -2.31. The van der Waals surface area contributed by atoms with Gasteiger partial charge in [-0.1, -0.05) is 31.4 Å². The summed E-state index contributed by atoms with van der Waals surface area (Å²) in [7, 11) is 0. The fourth-order valence-electron chi connectivity index (χ4n) is 2.73. The first-order valence-electron chi connectivity index (χ1n) is 6.49. The molecule has 0 aromatic heterocycles. The van der Waals surface area contributed by atoms with Crippen LogP contribution < -0.4 is 5.73 Å². The molecule has 1 aromatic carbocycles. The Kier molecular flexibility index (Phi) is 6.74. The zero-order valence-electron chi connectivity index (χ0n) is 10.7. The van der Waals surface area contributed by atoms with Gasteiger partial charge in [-0.05, 0) is 46.3 Å². The summed E-state index contributed by atoms with van der Waals surface area (Å²) in [5, 5.41) is 10.3. The van der Waals surface area contributed by atoms with Crippen molar-refractivity contribution in [2.24, 2.45) is 11.7 Å². The highest BCUT2D eigenvalue weighted by Crippen LogP contribution is 2.34. The summed E-state index contributed by atoms with van der Waals surface area (Å²) in [4.78, 5) is 0. The van der Waals surface area contributed by atoms with Crippen LogP contribution in [-0.4, -0.2) is 11.2 Å². The molecular formula is C14H20BrClFNO. The number of nitrogens with two attached hydrogens (primary N) is 1. The quantitative estimate of drug-likeness (QED) is 0.865. The van der Waals surface area contributed by atoms with Crippen molar-refractivity contribution in [3.63, 3.8) is 0 Å². The molecule has 3 N–H and O–H groups in total. The van der Waals surface area contributed by atoms with Crippen LogP contribution in [0.1, 0.15) is 43.7 Å². The van der Waals surface area contributed by atoms with Crippen molar-refractivity contribution in [1.29, 1.82) is 0 Å². The predicted molar refractivity (Wildman–Crippen MR) is 80.9 cm³/mol. The van der Waals surface area contributed by atoms with Crippen LogP contribution in [0.15, 0.2) is 22.7 Å². The minimum absolute atomic E-state index is 0. The lowest BCUT2D eigenvalue weighted by atomic mass is 9.81. The summed E-state index contributed by atoms with van der Waals surface area (Å²) in [6, 6.07) is 4.25. The minimum Gasteiger partial charge on any atom is -0.391 e. The van der Waals surface area contributed by atoms with Crippen molar-refractivity contribution < 1.29 is 9.50 Å². The van der Waals surface area contributed by atoms with Gasteiger partial charge in [0, 0.05) is 0 Å². The molecule has 0 amide bonds. The Morgan fingerprint density at radius 2 is 1.89 bits per heavy atom. The minimum atomic E-state index is -0.594. The Bertz CT molecular complexity index is 412. The second-order valence-corrected chi connectivity index (χ2v) is 5.85. The zero-order chi connectivity index (χ0) is 13.1. The summed E-state index contributed by atoms with van der Waals surface area (Å²) in [6.45, 7) is 0. The molecule has 2 atom stereocenters. The molecule has 1 aromatic rings. The van der Waals surface area contributed by atoms with Gasteiger partial charge in [0.1, 0.15) is 5.82 Å². The average Bonchev–Trinajstić information content (AvgIpc) is 2.41. The maximum Gasteiger partial charge on any atom is 0.137 e. The molecule has 0 spiro atoms. The first-order chi connectivity index (χ1) is 8.61. The van der Waals surface area contributed by atoms with Gasteiger partial charge in [-0.2, -0.15) is 0 Å². The van der Waals surface area contributed by atoms with Gasteiger partial charge >= 0.3 is 0 Å². The number of hydrogen-bond acceptors (Lipinski definition) is 2. The highest BCUT2D eigenvalue weighted by atomic mass is 79.9. The third kappa shape index (κ3) is 3.91. The SMILES string of the molecule is Cl.N[C@H](c1cccc(F)c1Br)[C@@H](O)C1CCCCC1. The first-order valence-corrected chi connectivity index (χ1v) is 7.28. The van der Waals surface area contributed by atoms with Crippen LogP contribution in [0.2, 0.25) is 0 Å². The summed E-state index contributed by atoms with van der Waals surface area (Å²) < 4.78 is 13.8. The molecule has 0 heterocycles. The van der Waals surface area contributed by atoms with Gasteiger partial charge in [-0.3, -0.25) is 0 Å². The van der Waals surface area contributed by atoms with Gasteiger partial charge in [0.25, 0.3) is 0 Å². The molecule has 1 aliphatic rings. The molecule has 1 aliphatic carbocycles. The zero-order valence-corrected chi connectivity index (χ0v) is 13.1. The van der Waals surface area contributed by atoms with E-state index in [9.17, 15) is 9.50 Å². The second-order valence-electron chi connectivity index (χ2n) is 5.06. The van der Waals surface area contributed by atoms with E-state index in [1.807, 2.05) is 0 Å². The highest BCUT2D eigenvalue weighted by molar-refractivity contribution is 9.10. The van der Waals surface area contributed by atoms with Gasteiger partial charge in [0.2, 0.25) is 0 Å². The molecule has 1 fully saturated rings. The Labute approximate surface area is 128 Å². The monoisotopic (exact) mass is 351 g/mol. The molecule has 1 saturated carbocycles. The van der Waals surface area contributed by atoms with E-state index in [1.165, 1.54) is 12.5 Å². The number of rotatable bonds is 3. The van der Waals surface area contributed by atoms with Gasteiger partial charge < -0.3 is 10.8 Å². The van der Waals surface area contributed by atoms with E-state index >= 15 is 0 Å². The van der Waals surface area contributed by atoms with Gasteiger partial charge in [0.15, 0.2) is 0 Å². The molecule has 0 unspecified atom stereocenters. The molecule has 108 valence electrons. The van der Waals surface area contributed by atoms with Gasteiger partial charge in [-0.25, -0.2) is 4.39 Å². The molecule has 5 heteroatoms. The maximum atomic E-state index is 13.5. The van der Waals surface area contributed by atoms with E-state index in [0.29, 0.717) is 10.0 Å². The van der Waals surface area contributed by atoms with E-state index in [-0.39, 0.29) is 24.1 Å². The van der Waals surface area contributed by atoms with Gasteiger partial charge in [-0.15, -0.1) is 12.4 Å². The summed E-state index contributed by atoms with van der Waals surface area (Å²) in [5.41, 5.74) is 6.74. The largest absolute Gasteiger partial charge is 0.391 e. The fraction of sp³-hybridized carbons (Fsp3) is 0.571. The lowest BCUT2D eigenvalue weighted by molar-refractivity contribution is 0.0615. The van der Waals surface area contributed by atoms with Crippen LogP contribution in [0.5, 0.6) is 0 Å². The van der Waals surface area contributed by atoms with E-state index in [2.05, 4.69) is 15.9 Å². The standard InChI is InChI=1S/C14H19BrFNO.ClH/c15-12-10(7-4-8-11(12)16)13(17)14(18)9-5-2-1-3-6-9;/h4,7-9,13-14,18H,1-3,5-6,17H2;1H/t13-,14+;/m1./s1. The van der Waals surface area contributed by atoms with Crippen molar-refractivity contribution >= 4 is 28.3 Å². The van der Waals surface area contributed by atoms with Crippen LogP contribution in [0.25, 0.3) is 0 Å². The van der Waals surface area contributed by atoms with Crippen molar-refractivity contribution in [2.45, 2.75) is 44.2 Å². The number of aliphatic hydroxyl groups is 1. The Hall–Kier alpha value is -0.160. The van der Waals surface area contributed by atoms with Gasteiger partial charge in [0.05, 0.1) is 16.6 Å². The Balaban J connectivity index is 0.00000180. The van der Waals surface area contributed by atoms with E-state index in [0.717, 1.165) is 25.7 Å². The normalized spacial score (nSPS) is 19.6. The van der Waals surface area contributed by atoms with Crippen LogP contribution in [-0.2, 0) is 0 Å². The van der Waals surface area contributed by atoms with Crippen LogP contribution in [0, 0.1) is 11.7 Å². The number of halogens is 3. The first kappa shape index (κ1) is 16.9. The third-order valence-corrected chi connectivity index (χ3v) is 4.68. The lowest BCUT2D eigenvalue weighted by Crippen LogP contribution is -2.34. The van der Waals surface area contributed by atoms with Crippen molar-refractivity contribution in [3.05, 3.63) is 34.1 Å². The molecular weight excluding hydrogens is 333 g/mol. The molecule has 0 bridgehead atoms. The van der Waals surface area contributed by atoms with E-state index in [1.54, 1.807) is 12.1 Å². The Morgan fingerprint density at radius 3 is 2.53 bits per heavy atom. The molecule has 0 aliphatic heterocycles. The molecule has 2 rings (SSSR count). The van der Waals surface area contributed by atoms with Crippen molar-refractivity contribution in [3.8, 4) is 0 Å².